The highest BCUT2D eigenvalue weighted by Crippen LogP contribution is 2.12. The first-order valence-electron chi connectivity index (χ1n) is 5.11. The molecule has 1 heterocycles. The van der Waals surface area contributed by atoms with E-state index in [0.717, 1.165) is 25.3 Å². The first-order valence-corrected chi connectivity index (χ1v) is 5.11. The van der Waals surface area contributed by atoms with Crippen LogP contribution in [0.25, 0.3) is 0 Å². The Bertz CT molecular complexity index is 275. The average molecular weight is 196 g/mol. The Labute approximate surface area is 85.5 Å². The minimum Gasteiger partial charge on any atom is -0.354 e. The summed E-state index contributed by atoms with van der Waals surface area (Å²) in [5.74, 6) is 0.877. The van der Waals surface area contributed by atoms with Gasteiger partial charge >= 0.3 is 0 Å². The fourth-order valence-corrected chi connectivity index (χ4v) is 1.29. The molecule has 1 aromatic heterocycles. The van der Waals surface area contributed by atoms with Crippen molar-refractivity contribution < 1.29 is 0 Å². The third-order valence-corrected chi connectivity index (χ3v) is 2.83. The monoisotopic (exact) mass is 196 g/mol. The third kappa shape index (κ3) is 2.48. The lowest BCUT2D eigenvalue weighted by molar-refractivity contribution is 0.417. The van der Waals surface area contributed by atoms with E-state index in [0.29, 0.717) is 0 Å². The van der Waals surface area contributed by atoms with Gasteiger partial charge in [0, 0.05) is 31.5 Å². The van der Waals surface area contributed by atoms with Crippen molar-refractivity contribution in [2.75, 3.05) is 11.9 Å². The molecule has 0 radical (unpaired) electrons. The van der Waals surface area contributed by atoms with Crippen LogP contribution in [-0.4, -0.2) is 21.6 Å². The summed E-state index contributed by atoms with van der Waals surface area (Å²) in [6.07, 6.45) is 5.64. The predicted molar refractivity (Wildman–Crippen MR) is 59.2 cm³/mol. The Hall–Kier alpha value is -1.03. The van der Waals surface area contributed by atoms with Crippen LogP contribution in [0.2, 0.25) is 0 Å². The normalized spacial score (nSPS) is 11.7. The maximum Gasteiger partial charge on any atom is 0.202 e. The van der Waals surface area contributed by atoms with Gasteiger partial charge in [0.05, 0.1) is 0 Å². The molecule has 4 heteroatoms. The van der Waals surface area contributed by atoms with Crippen LogP contribution in [0, 0.1) is 0 Å². The standard InChI is InChI=1S/C10H20N4/c1-4-10(11,5-2)8-13-9-12-6-7-14(9)3/h6-7H,4-5,8,11H2,1-3H3,(H,12,13). The Kier molecular flexibility index (Phi) is 3.52. The smallest absolute Gasteiger partial charge is 0.202 e. The van der Waals surface area contributed by atoms with E-state index in [-0.39, 0.29) is 5.54 Å². The molecule has 0 aliphatic heterocycles. The number of anilines is 1. The SMILES string of the molecule is CCC(N)(CC)CNc1nccn1C. The molecule has 0 aliphatic carbocycles. The van der Waals surface area contributed by atoms with E-state index < -0.39 is 0 Å². The Balaban J connectivity index is 2.52. The summed E-state index contributed by atoms with van der Waals surface area (Å²) in [7, 11) is 1.96. The van der Waals surface area contributed by atoms with Gasteiger partial charge in [0.15, 0.2) is 0 Å². The van der Waals surface area contributed by atoms with Gasteiger partial charge in [0.2, 0.25) is 5.95 Å². The number of imidazole rings is 1. The molecule has 0 amide bonds. The van der Waals surface area contributed by atoms with Gasteiger partial charge in [0.25, 0.3) is 0 Å². The topological polar surface area (TPSA) is 55.9 Å². The van der Waals surface area contributed by atoms with Crippen LogP contribution in [0.5, 0.6) is 0 Å². The van der Waals surface area contributed by atoms with Gasteiger partial charge in [-0.3, -0.25) is 0 Å². The maximum atomic E-state index is 6.16. The second kappa shape index (κ2) is 4.46. The molecule has 0 atom stereocenters. The van der Waals surface area contributed by atoms with Crippen molar-refractivity contribution in [1.82, 2.24) is 9.55 Å². The van der Waals surface area contributed by atoms with E-state index in [1.807, 2.05) is 17.8 Å². The van der Waals surface area contributed by atoms with Gasteiger partial charge < -0.3 is 15.6 Å². The number of nitrogens with zero attached hydrogens (tertiary/aromatic N) is 2. The molecule has 0 bridgehead atoms. The summed E-state index contributed by atoms with van der Waals surface area (Å²) in [4.78, 5) is 4.18. The molecule has 0 fully saturated rings. The third-order valence-electron chi connectivity index (χ3n) is 2.83. The van der Waals surface area contributed by atoms with Crippen molar-refractivity contribution in [2.24, 2.45) is 12.8 Å². The molecule has 80 valence electrons. The molecule has 1 aromatic rings. The molecule has 3 N–H and O–H groups in total. The van der Waals surface area contributed by atoms with Gasteiger partial charge in [-0.2, -0.15) is 0 Å². The molecule has 0 unspecified atom stereocenters. The number of aryl methyl sites for hydroxylation is 1. The van der Waals surface area contributed by atoms with E-state index in [9.17, 15) is 0 Å². The van der Waals surface area contributed by atoms with Crippen molar-refractivity contribution in [1.29, 1.82) is 0 Å². The molecule has 0 saturated heterocycles. The van der Waals surface area contributed by atoms with E-state index >= 15 is 0 Å². The van der Waals surface area contributed by atoms with Crippen LogP contribution >= 0.6 is 0 Å². The van der Waals surface area contributed by atoms with E-state index in [2.05, 4.69) is 24.1 Å². The lowest BCUT2D eigenvalue weighted by atomic mass is 9.94. The van der Waals surface area contributed by atoms with Crippen molar-refractivity contribution in [3.05, 3.63) is 12.4 Å². The highest BCUT2D eigenvalue weighted by Gasteiger charge is 2.20. The van der Waals surface area contributed by atoms with Crippen molar-refractivity contribution in [3.8, 4) is 0 Å². The van der Waals surface area contributed by atoms with E-state index in [1.54, 1.807) is 6.20 Å². The minimum atomic E-state index is -0.119. The highest BCUT2D eigenvalue weighted by molar-refractivity contribution is 5.26. The zero-order valence-electron chi connectivity index (χ0n) is 9.25. The summed E-state index contributed by atoms with van der Waals surface area (Å²) in [5, 5.41) is 3.26. The quantitative estimate of drug-likeness (QED) is 0.747. The van der Waals surface area contributed by atoms with Gasteiger partial charge in [-0.05, 0) is 12.8 Å². The number of nitrogens with one attached hydrogen (secondary N) is 1. The summed E-state index contributed by atoms with van der Waals surface area (Å²) in [6, 6.07) is 0. The molecular weight excluding hydrogens is 176 g/mol. The lowest BCUT2D eigenvalue weighted by Crippen LogP contribution is -2.45. The number of nitrogens with two attached hydrogens (primary N) is 1. The van der Waals surface area contributed by atoms with Crippen LogP contribution in [-0.2, 0) is 7.05 Å². The maximum absolute atomic E-state index is 6.16. The zero-order chi connectivity index (χ0) is 10.6. The molecule has 1 rings (SSSR count). The molecule has 4 nitrogen and oxygen atoms in total. The molecule has 14 heavy (non-hydrogen) atoms. The van der Waals surface area contributed by atoms with Crippen molar-refractivity contribution >= 4 is 5.95 Å². The number of hydrogen-bond acceptors (Lipinski definition) is 3. The minimum absolute atomic E-state index is 0.119. The second-order valence-corrected chi connectivity index (χ2v) is 3.78. The molecular formula is C10H20N4. The molecule has 0 aromatic carbocycles. The zero-order valence-corrected chi connectivity index (χ0v) is 9.25. The van der Waals surface area contributed by atoms with Crippen molar-refractivity contribution in [2.45, 2.75) is 32.2 Å². The first kappa shape index (κ1) is 11.0. The summed E-state index contributed by atoms with van der Waals surface area (Å²) in [6.45, 7) is 5.00. The predicted octanol–water partition coefficient (Wildman–Crippen LogP) is 1.35. The largest absolute Gasteiger partial charge is 0.354 e. The lowest BCUT2D eigenvalue weighted by Gasteiger charge is -2.26. The first-order chi connectivity index (χ1) is 6.61. The highest BCUT2D eigenvalue weighted by atomic mass is 15.2. The van der Waals surface area contributed by atoms with Crippen LogP contribution < -0.4 is 11.1 Å². The van der Waals surface area contributed by atoms with Crippen LogP contribution in [0.1, 0.15) is 26.7 Å². The molecule has 0 spiro atoms. The van der Waals surface area contributed by atoms with Crippen LogP contribution in [0.4, 0.5) is 5.95 Å². The second-order valence-electron chi connectivity index (χ2n) is 3.78. The average Bonchev–Trinajstić information content (AvgIpc) is 2.61. The van der Waals surface area contributed by atoms with Gasteiger partial charge in [-0.1, -0.05) is 13.8 Å². The van der Waals surface area contributed by atoms with Gasteiger partial charge in [-0.15, -0.1) is 0 Å². The Morgan fingerprint density at radius 2 is 2.14 bits per heavy atom. The van der Waals surface area contributed by atoms with Crippen molar-refractivity contribution in [3.63, 3.8) is 0 Å². The molecule has 0 saturated carbocycles. The van der Waals surface area contributed by atoms with E-state index in [4.69, 9.17) is 5.73 Å². The van der Waals surface area contributed by atoms with Crippen LogP contribution in [0.15, 0.2) is 12.4 Å². The Morgan fingerprint density at radius 1 is 1.50 bits per heavy atom. The van der Waals surface area contributed by atoms with Crippen LogP contribution in [0.3, 0.4) is 0 Å². The van der Waals surface area contributed by atoms with Gasteiger partial charge in [0.1, 0.15) is 0 Å². The summed E-state index contributed by atoms with van der Waals surface area (Å²) < 4.78 is 1.95. The van der Waals surface area contributed by atoms with E-state index in [1.165, 1.54) is 0 Å². The summed E-state index contributed by atoms with van der Waals surface area (Å²) in [5.41, 5.74) is 6.04. The number of hydrogen-bond donors (Lipinski definition) is 2. The van der Waals surface area contributed by atoms with Gasteiger partial charge in [-0.25, -0.2) is 4.98 Å². The summed E-state index contributed by atoms with van der Waals surface area (Å²) >= 11 is 0. The Morgan fingerprint density at radius 3 is 2.57 bits per heavy atom. The number of rotatable bonds is 5. The fourth-order valence-electron chi connectivity index (χ4n) is 1.29. The molecule has 0 aliphatic rings. The fraction of sp³-hybridized carbons (Fsp3) is 0.700. The number of aromatic nitrogens is 2.